The van der Waals surface area contributed by atoms with E-state index in [0.717, 1.165) is 12.8 Å². The van der Waals surface area contributed by atoms with Gasteiger partial charge in [-0.1, -0.05) is 0 Å². The number of ether oxygens (including phenoxy) is 2. The molecule has 2 aliphatic rings. The van der Waals surface area contributed by atoms with Gasteiger partial charge in [0.05, 0.1) is 18.1 Å². The minimum Gasteiger partial charge on any atom is -0.480 e. The number of amides is 2. The summed E-state index contributed by atoms with van der Waals surface area (Å²) in [4.78, 5) is 25.2. The summed E-state index contributed by atoms with van der Waals surface area (Å²) in [5.41, 5.74) is 0. The summed E-state index contributed by atoms with van der Waals surface area (Å²) >= 11 is 1.56. The molecule has 3 atom stereocenters. The highest BCUT2D eigenvalue weighted by atomic mass is 32.2. The number of nitrogens with one attached hydrogen (secondary N) is 1. The van der Waals surface area contributed by atoms with Gasteiger partial charge in [0.1, 0.15) is 6.04 Å². The molecule has 1 heterocycles. The molecule has 7 nitrogen and oxygen atoms in total. The number of thioether (sulfide) groups is 1. The van der Waals surface area contributed by atoms with Crippen molar-refractivity contribution in [3.63, 3.8) is 0 Å². The van der Waals surface area contributed by atoms with Crippen LogP contribution in [0.4, 0.5) is 4.79 Å². The van der Waals surface area contributed by atoms with Crippen LogP contribution in [0, 0.1) is 5.92 Å². The normalized spacial score (nSPS) is 26.7. The van der Waals surface area contributed by atoms with Gasteiger partial charge < -0.3 is 19.9 Å². The van der Waals surface area contributed by atoms with E-state index in [2.05, 4.69) is 5.32 Å². The smallest absolute Gasteiger partial charge is 0.327 e. The van der Waals surface area contributed by atoms with Crippen LogP contribution in [0.3, 0.4) is 0 Å². The first-order chi connectivity index (χ1) is 10.1. The Morgan fingerprint density at radius 2 is 2.14 bits per heavy atom. The first kappa shape index (κ1) is 16.4. The third-order valence-electron chi connectivity index (χ3n) is 3.75. The van der Waals surface area contributed by atoms with Gasteiger partial charge in [-0.15, -0.1) is 11.8 Å². The lowest BCUT2D eigenvalue weighted by molar-refractivity contribution is -0.141. The Bertz CT molecular complexity index is 391. The molecule has 0 bridgehead atoms. The second-order valence-electron chi connectivity index (χ2n) is 5.32. The summed E-state index contributed by atoms with van der Waals surface area (Å²) in [5, 5.41) is 12.0. The topological polar surface area (TPSA) is 88.1 Å². The van der Waals surface area contributed by atoms with Crippen molar-refractivity contribution in [1.29, 1.82) is 0 Å². The second kappa shape index (κ2) is 7.33. The Labute approximate surface area is 128 Å². The Morgan fingerprint density at radius 3 is 2.67 bits per heavy atom. The van der Waals surface area contributed by atoms with Gasteiger partial charge in [0.25, 0.3) is 0 Å². The zero-order valence-corrected chi connectivity index (χ0v) is 13.1. The number of carboxylic acid groups (broad SMARTS) is 1. The van der Waals surface area contributed by atoms with E-state index in [1.54, 1.807) is 26.0 Å². The highest BCUT2D eigenvalue weighted by molar-refractivity contribution is 8.00. The van der Waals surface area contributed by atoms with Crippen LogP contribution in [0.5, 0.6) is 0 Å². The van der Waals surface area contributed by atoms with E-state index in [1.807, 2.05) is 0 Å². The summed E-state index contributed by atoms with van der Waals surface area (Å²) in [6.45, 7) is 0.675. The van der Waals surface area contributed by atoms with Gasteiger partial charge in [-0.2, -0.15) is 0 Å². The van der Waals surface area contributed by atoms with Gasteiger partial charge in [0.15, 0.2) is 0 Å². The maximum Gasteiger partial charge on any atom is 0.327 e. The molecule has 21 heavy (non-hydrogen) atoms. The van der Waals surface area contributed by atoms with Gasteiger partial charge in [0, 0.05) is 26.5 Å². The molecule has 0 aromatic rings. The second-order valence-corrected chi connectivity index (χ2v) is 6.47. The summed E-state index contributed by atoms with van der Waals surface area (Å²) in [6, 6.07) is -1.08. The van der Waals surface area contributed by atoms with E-state index in [1.165, 1.54) is 4.90 Å². The molecule has 120 valence electrons. The number of methoxy groups -OCH3 is 2. The SMILES string of the molecule is COCC(CNC(=O)N1C(C(=O)O)CSC1C1CC1)OC. The summed E-state index contributed by atoms with van der Waals surface area (Å²) in [7, 11) is 3.11. The quantitative estimate of drug-likeness (QED) is 0.714. The lowest BCUT2D eigenvalue weighted by Gasteiger charge is -2.28. The van der Waals surface area contributed by atoms with Crippen molar-refractivity contribution in [3.05, 3.63) is 0 Å². The molecule has 0 aromatic carbocycles. The molecule has 0 aromatic heterocycles. The van der Waals surface area contributed by atoms with E-state index in [9.17, 15) is 14.7 Å². The Hall–Kier alpha value is -0.990. The fourth-order valence-electron chi connectivity index (χ4n) is 2.41. The minimum atomic E-state index is -0.944. The van der Waals surface area contributed by atoms with E-state index < -0.39 is 12.0 Å². The predicted octanol–water partition coefficient (Wildman–Crippen LogP) is 0.596. The molecule has 1 aliphatic carbocycles. The summed E-state index contributed by atoms with van der Waals surface area (Å²) in [5.74, 6) is -0.0568. The van der Waals surface area contributed by atoms with Gasteiger partial charge >= 0.3 is 12.0 Å². The molecule has 2 amide bonds. The van der Waals surface area contributed by atoms with Crippen molar-refractivity contribution in [2.75, 3.05) is 33.1 Å². The van der Waals surface area contributed by atoms with Crippen molar-refractivity contribution >= 4 is 23.8 Å². The van der Waals surface area contributed by atoms with E-state index >= 15 is 0 Å². The molecule has 8 heteroatoms. The van der Waals surface area contributed by atoms with Crippen LogP contribution in [0.15, 0.2) is 0 Å². The molecular formula is C13H22N2O5S. The molecule has 1 aliphatic heterocycles. The molecular weight excluding hydrogens is 296 g/mol. The van der Waals surface area contributed by atoms with Crippen LogP contribution in [-0.2, 0) is 14.3 Å². The fourth-order valence-corrected chi connectivity index (χ4v) is 4.04. The Balaban J connectivity index is 1.94. The largest absolute Gasteiger partial charge is 0.480 e. The first-order valence-corrected chi connectivity index (χ1v) is 8.05. The fraction of sp³-hybridized carbons (Fsp3) is 0.846. The van der Waals surface area contributed by atoms with E-state index in [-0.39, 0.29) is 17.5 Å². The molecule has 2 rings (SSSR count). The van der Waals surface area contributed by atoms with Gasteiger partial charge in [-0.05, 0) is 18.8 Å². The van der Waals surface area contributed by atoms with Crippen molar-refractivity contribution in [1.82, 2.24) is 10.2 Å². The third-order valence-corrected chi connectivity index (χ3v) is 5.21. The van der Waals surface area contributed by atoms with E-state index in [0.29, 0.717) is 24.8 Å². The summed E-state index contributed by atoms with van der Waals surface area (Å²) < 4.78 is 10.2. The minimum absolute atomic E-state index is 0.0190. The molecule has 2 fully saturated rings. The summed E-state index contributed by atoms with van der Waals surface area (Å²) in [6.07, 6.45) is 1.90. The number of carbonyl (C=O) groups excluding carboxylic acids is 1. The maximum absolute atomic E-state index is 12.4. The Kier molecular flexibility index (Phi) is 5.72. The molecule has 1 saturated carbocycles. The number of carboxylic acids is 1. The number of carbonyl (C=O) groups is 2. The zero-order chi connectivity index (χ0) is 15.4. The number of hydrogen-bond acceptors (Lipinski definition) is 5. The van der Waals surface area contributed by atoms with Crippen LogP contribution >= 0.6 is 11.8 Å². The Morgan fingerprint density at radius 1 is 1.43 bits per heavy atom. The van der Waals surface area contributed by atoms with E-state index in [4.69, 9.17) is 9.47 Å². The number of rotatable bonds is 7. The van der Waals surface area contributed by atoms with Gasteiger partial charge in [0.2, 0.25) is 0 Å². The number of hydrogen-bond donors (Lipinski definition) is 2. The van der Waals surface area contributed by atoms with Crippen molar-refractivity contribution in [3.8, 4) is 0 Å². The van der Waals surface area contributed by atoms with Crippen molar-refractivity contribution in [2.24, 2.45) is 5.92 Å². The molecule has 1 saturated heterocycles. The first-order valence-electron chi connectivity index (χ1n) is 7.00. The standard InChI is InChI=1S/C13H22N2O5S/c1-19-6-9(20-2)5-14-13(18)15-10(12(16)17)7-21-11(15)8-3-4-8/h8-11H,3-7H2,1-2H3,(H,14,18)(H,16,17). The van der Waals surface area contributed by atoms with Crippen LogP contribution in [0.25, 0.3) is 0 Å². The highest BCUT2D eigenvalue weighted by Crippen LogP contribution is 2.45. The van der Waals surface area contributed by atoms with Gasteiger partial charge in [-0.3, -0.25) is 4.90 Å². The zero-order valence-electron chi connectivity index (χ0n) is 12.3. The van der Waals surface area contributed by atoms with Crippen LogP contribution in [0.1, 0.15) is 12.8 Å². The molecule has 0 spiro atoms. The molecule has 0 radical (unpaired) electrons. The number of aliphatic carboxylic acids is 1. The molecule has 3 unspecified atom stereocenters. The molecule has 2 N–H and O–H groups in total. The van der Waals surface area contributed by atoms with Crippen molar-refractivity contribution in [2.45, 2.75) is 30.4 Å². The highest BCUT2D eigenvalue weighted by Gasteiger charge is 2.48. The lowest BCUT2D eigenvalue weighted by atomic mass is 10.2. The monoisotopic (exact) mass is 318 g/mol. The average Bonchev–Trinajstić information content (AvgIpc) is 3.21. The predicted molar refractivity (Wildman–Crippen MR) is 78.3 cm³/mol. The van der Waals surface area contributed by atoms with Crippen LogP contribution < -0.4 is 5.32 Å². The number of nitrogens with zero attached hydrogens (tertiary/aromatic N) is 1. The average molecular weight is 318 g/mol. The van der Waals surface area contributed by atoms with Crippen LogP contribution in [-0.4, -0.2) is 72.7 Å². The lowest BCUT2D eigenvalue weighted by Crippen LogP contribution is -2.52. The third kappa shape index (κ3) is 4.02. The van der Waals surface area contributed by atoms with Crippen LogP contribution in [0.2, 0.25) is 0 Å². The number of urea groups is 1. The van der Waals surface area contributed by atoms with Gasteiger partial charge in [-0.25, -0.2) is 9.59 Å². The maximum atomic E-state index is 12.4. The van der Waals surface area contributed by atoms with Crippen molar-refractivity contribution < 1.29 is 24.2 Å².